The first-order valence-corrected chi connectivity index (χ1v) is 17.4. The van der Waals surface area contributed by atoms with Gasteiger partial charge in [-0.25, -0.2) is 0 Å². The van der Waals surface area contributed by atoms with Gasteiger partial charge in [0, 0.05) is 67.1 Å². The molecule has 0 radical (unpaired) electrons. The third-order valence-corrected chi connectivity index (χ3v) is 11.4. The van der Waals surface area contributed by atoms with Crippen LogP contribution in [-0.4, -0.2) is 64.3 Å². The van der Waals surface area contributed by atoms with Gasteiger partial charge in [0.1, 0.15) is 0 Å². The van der Waals surface area contributed by atoms with Gasteiger partial charge in [-0.05, 0) is 56.3 Å². The summed E-state index contributed by atoms with van der Waals surface area (Å²) in [5, 5.41) is 17.6. The molecule has 1 spiro atoms. The number of hydrogen-bond donors (Lipinski definition) is 2. The van der Waals surface area contributed by atoms with E-state index in [4.69, 9.17) is 4.74 Å². The fourth-order valence-corrected chi connectivity index (χ4v) is 9.72. The predicted octanol–water partition coefficient (Wildman–Crippen LogP) is 3.51. The van der Waals surface area contributed by atoms with E-state index in [9.17, 15) is 19.5 Å². The summed E-state index contributed by atoms with van der Waals surface area (Å²) in [5.41, 5.74) is 2.17. The Morgan fingerprint density at radius 2 is 1.90 bits per heavy atom. The number of fused-ring (bicyclic) bond motifs is 2. The highest BCUT2D eigenvalue weighted by molar-refractivity contribution is 6.71. The van der Waals surface area contributed by atoms with E-state index in [-0.39, 0.29) is 29.9 Å². The van der Waals surface area contributed by atoms with Crippen molar-refractivity contribution >= 4 is 37.2 Å². The maximum atomic E-state index is 14.7. The Morgan fingerprint density at radius 3 is 2.59 bits per heavy atom. The average Bonchev–Trinajstić information content (AvgIpc) is 3.70. The molecule has 3 aromatic rings. The van der Waals surface area contributed by atoms with E-state index in [1.165, 1.54) is 0 Å². The van der Waals surface area contributed by atoms with Crippen LogP contribution in [0.3, 0.4) is 0 Å². The van der Waals surface area contributed by atoms with E-state index < -0.39 is 20.0 Å². The van der Waals surface area contributed by atoms with Gasteiger partial charge in [0.05, 0.1) is 17.5 Å². The monoisotopic (exact) mass is 575 g/mol. The number of nitrogens with zero attached hydrogens (tertiary/aromatic N) is 5. The van der Waals surface area contributed by atoms with Crippen LogP contribution in [0.25, 0.3) is 0 Å². The van der Waals surface area contributed by atoms with Crippen molar-refractivity contribution in [2.45, 2.75) is 69.5 Å². The number of anilines is 3. The molecule has 0 aliphatic carbocycles. The highest BCUT2D eigenvalue weighted by Crippen LogP contribution is 2.61. The van der Waals surface area contributed by atoms with Crippen LogP contribution >= 0.6 is 0 Å². The summed E-state index contributed by atoms with van der Waals surface area (Å²) in [6.07, 6.45) is 3.70. The van der Waals surface area contributed by atoms with Crippen LogP contribution in [0.5, 0.6) is 0 Å². The zero-order valence-corrected chi connectivity index (χ0v) is 24.7. The number of benzene rings is 2. The zero-order chi connectivity index (χ0) is 28.9. The minimum Gasteiger partial charge on any atom is -0.432 e. The fourth-order valence-electron chi connectivity index (χ4n) is 7.12. The molecule has 1 aromatic heterocycles. The molecule has 0 saturated carbocycles. The van der Waals surface area contributed by atoms with Gasteiger partial charge in [-0.1, -0.05) is 30.3 Å². The standard InChI is InChI=1S/C30H37N5O5Si/c1-20-28(41(2,3)39)26(13-16-33-19-21(14-17-36)31-32-33)40-30(20)24-18-23(34-15-7-10-27(34)37)11-12-25(24)35(29(30)38)22-8-5-4-6-9-22/h4-6,8-9,11-12,18-20,26,28,36,39H,7,10,13-17H2,1-3H3/t20-,26+,28-,30+/m0/s1. The first kappa shape index (κ1) is 27.8. The molecule has 4 atom stereocenters. The number of aliphatic hydroxyl groups excluding tert-OH is 1. The van der Waals surface area contributed by atoms with Crippen LogP contribution in [-0.2, 0) is 32.9 Å². The summed E-state index contributed by atoms with van der Waals surface area (Å²) in [5.74, 6) is -0.408. The lowest BCUT2D eigenvalue weighted by molar-refractivity contribution is -0.145. The van der Waals surface area contributed by atoms with Gasteiger partial charge in [0.15, 0.2) is 13.9 Å². The van der Waals surface area contributed by atoms with Crippen molar-refractivity contribution in [2.24, 2.45) is 5.92 Å². The normalized spacial score (nSPS) is 26.0. The Bertz CT molecular complexity index is 1460. The number of aromatic nitrogens is 3. The fraction of sp³-hybridized carbons (Fsp3) is 0.467. The van der Waals surface area contributed by atoms with Crippen LogP contribution in [0.4, 0.5) is 17.1 Å². The number of rotatable bonds is 8. The van der Waals surface area contributed by atoms with Crippen LogP contribution in [0.15, 0.2) is 54.7 Å². The lowest BCUT2D eigenvalue weighted by Gasteiger charge is -2.32. The maximum Gasteiger partial charge on any atom is 0.268 e. The van der Waals surface area contributed by atoms with Gasteiger partial charge >= 0.3 is 0 Å². The molecule has 6 rings (SSSR count). The van der Waals surface area contributed by atoms with E-state index in [2.05, 4.69) is 10.3 Å². The first-order chi connectivity index (χ1) is 19.6. The van der Waals surface area contributed by atoms with Gasteiger partial charge < -0.3 is 19.5 Å². The molecule has 4 heterocycles. The quantitative estimate of drug-likeness (QED) is 0.395. The Balaban J connectivity index is 1.43. The topological polar surface area (TPSA) is 121 Å². The van der Waals surface area contributed by atoms with Crippen molar-refractivity contribution in [1.29, 1.82) is 0 Å². The van der Waals surface area contributed by atoms with Crippen molar-refractivity contribution in [2.75, 3.05) is 23.0 Å². The number of aliphatic hydroxyl groups is 1. The van der Waals surface area contributed by atoms with Crippen molar-refractivity contribution in [1.82, 2.24) is 15.0 Å². The molecule has 2 saturated heterocycles. The van der Waals surface area contributed by atoms with E-state index in [1.807, 2.05) is 74.7 Å². The van der Waals surface area contributed by atoms with Crippen molar-refractivity contribution in [3.8, 4) is 0 Å². The maximum absolute atomic E-state index is 14.7. The Kier molecular flexibility index (Phi) is 7.09. The number of ether oxygens (including phenoxy) is 1. The van der Waals surface area contributed by atoms with Crippen LogP contribution in [0.1, 0.15) is 37.4 Å². The molecule has 41 heavy (non-hydrogen) atoms. The van der Waals surface area contributed by atoms with Gasteiger partial charge in [-0.2, -0.15) is 0 Å². The summed E-state index contributed by atoms with van der Waals surface area (Å²) in [6.45, 7) is 6.99. The zero-order valence-electron chi connectivity index (χ0n) is 23.7. The first-order valence-electron chi connectivity index (χ1n) is 14.4. The SMILES string of the molecule is C[C@H]1[C@H]([Si](C)(C)O)[C@@H](CCn2cc(CCO)nn2)O[C@]12C(=O)N(c1ccccc1)c1ccc(N3CCCC3=O)cc12. The molecule has 3 aliphatic rings. The lowest BCUT2D eigenvalue weighted by Crippen LogP contribution is -2.45. The summed E-state index contributed by atoms with van der Waals surface area (Å²) < 4.78 is 8.68. The molecule has 3 aliphatic heterocycles. The number of carbonyl (C=O) groups excluding carboxylic acids is 2. The highest BCUT2D eigenvalue weighted by Gasteiger charge is 2.66. The Hall–Kier alpha value is -3.38. The molecule has 11 heteroatoms. The summed E-state index contributed by atoms with van der Waals surface area (Å²) in [6, 6.07) is 15.3. The van der Waals surface area contributed by atoms with Crippen molar-refractivity contribution in [3.05, 3.63) is 66.0 Å². The Labute approximate surface area is 240 Å². The van der Waals surface area contributed by atoms with E-state index in [0.717, 1.165) is 29.0 Å². The van der Waals surface area contributed by atoms with Gasteiger partial charge in [0.2, 0.25) is 5.91 Å². The molecule has 10 nitrogen and oxygen atoms in total. The van der Waals surface area contributed by atoms with Gasteiger partial charge in [0.25, 0.3) is 5.91 Å². The van der Waals surface area contributed by atoms with E-state index in [1.54, 1.807) is 14.5 Å². The van der Waals surface area contributed by atoms with Crippen LogP contribution < -0.4 is 9.80 Å². The average molecular weight is 576 g/mol. The molecule has 0 bridgehead atoms. The number of aryl methyl sites for hydroxylation is 1. The second-order valence-electron chi connectivity index (χ2n) is 11.9. The minimum atomic E-state index is -2.83. The number of hydrogen-bond acceptors (Lipinski definition) is 7. The lowest BCUT2D eigenvalue weighted by atomic mass is 9.82. The number of para-hydroxylation sites is 1. The second-order valence-corrected chi connectivity index (χ2v) is 15.9. The Morgan fingerprint density at radius 1 is 1.12 bits per heavy atom. The number of amides is 2. The second kappa shape index (κ2) is 10.5. The minimum absolute atomic E-state index is 0.00128. The summed E-state index contributed by atoms with van der Waals surface area (Å²) >= 11 is 0. The van der Waals surface area contributed by atoms with Crippen LogP contribution in [0.2, 0.25) is 18.6 Å². The molecule has 2 fully saturated rings. The summed E-state index contributed by atoms with van der Waals surface area (Å²) in [4.78, 5) is 42.4. The van der Waals surface area contributed by atoms with Gasteiger partial charge in [-0.15, -0.1) is 5.10 Å². The highest BCUT2D eigenvalue weighted by atomic mass is 28.4. The predicted molar refractivity (Wildman–Crippen MR) is 156 cm³/mol. The molecular weight excluding hydrogens is 538 g/mol. The smallest absolute Gasteiger partial charge is 0.268 e. The number of carbonyl (C=O) groups is 2. The molecule has 2 aromatic carbocycles. The molecular formula is C30H37N5O5Si. The van der Waals surface area contributed by atoms with E-state index >= 15 is 0 Å². The molecule has 2 amide bonds. The van der Waals surface area contributed by atoms with E-state index in [0.29, 0.717) is 38.0 Å². The molecule has 0 unspecified atom stereocenters. The van der Waals surface area contributed by atoms with Gasteiger partial charge in [-0.3, -0.25) is 19.2 Å². The molecule has 216 valence electrons. The third kappa shape index (κ3) is 4.60. The van der Waals surface area contributed by atoms with Crippen molar-refractivity contribution < 1.29 is 24.2 Å². The molecule has 2 N–H and O–H groups in total. The third-order valence-electron chi connectivity index (χ3n) is 8.87. The largest absolute Gasteiger partial charge is 0.432 e. The summed E-state index contributed by atoms with van der Waals surface area (Å²) in [7, 11) is -2.83. The van der Waals surface area contributed by atoms with Crippen molar-refractivity contribution in [3.63, 3.8) is 0 Å². The van der Waals surface area contributed by atoms with Crippen LogP contribution in [0, 0.1) is 5.92 Å².